The molecule has 0 aromatic heterocycles. The van der Waals surface area contributed by atoms with E-state index in [9.17, 15) is 9.59 Å². The van der Waals surface area contributed by atoms with E-state index in [1.54, 1.807) is 24.3 Å². The highest BCUT2D eigenvalue weighted by atomic mass is 16.6. The SMILES string of the molecule is CCCCCCCCCCCCCCN(CC)CCCCOC(=O)Nc1ccc(NC(=O)OCCCCN(CC)CCCCCCCCCCCCCC)cc1. The molecule has 0 aliphatic rings. The largest absolute Gasteiger partial charge is 0.449 e. The predicted molar refractivity (Wildman–Crippen MR) is 241 cm³/mol. The number of benzene rings is 1. The number of carbonyl (C=O) groups excluding carboxylic acids is 2. The average Bonchev–Trinajstić information content (AvgIpc) is 3.20. The molecule has 0 saturated carbocycles. The van der Waals surface area contributed by atoms with E-state index in [0.29, 0.717) is 24.6 Å². The number of hydrogen-bond acceptors (Lipinski definition) is 6. The summed E-state index contributed by atoms with van der Waals surface area (Å²) in [6.45, 7) is 16.4. The van der Waals surface area contributed by atoms with Crippen LogP contribution in [0.25, 0.3) is 0 Å². The van der Waals surface area contributed by atoms with Crippen molar-refractivity contribution >= 4 is 23.6 Å². The lowest BCUT2D eigenvalue weighted by Crippen LogP contribution is -2.26. The van der Waals surface area contributed by atoms with Crippen molar-refractivity contribution in [1.82, 2.24) is 9.80 Å². The van der Waals surface area contributed by atoms with Gasteiger partial charge < -0.3 is 19.3 Å². The van der Waals surface area contributed by atoms with Crippen LogP contribution in [-0.4, -0.2) is 74.5 Å². The third-order valence-corrected chi connectivity index (χ3v) is 11.1. The number of anilines is 2. The molecule has 2 N–H and O–H groups in total. The molecule has 0 radical (unpaired) electrons. The number of hydrogen-bond donors (Lipinski definition) is 2. The minimum absolute atomic E-state index is 0.406. The number of rotatable bonds is 40. The summed E-state index contributed by atoms with van der Waals surface area (Å²) in [6, 6.07) is 7.01. The zero-order valence-electron chi connectivity index (χ0n) is 37.3. The number of nitrogens with zero attached hydrogens (tertiary/aromatic N) is 2. The Morgan fingerprint density at radius 3 is 0.911 bits per heavy atom. The summed E-state index contributed by atoms with van der Waals surface area (Å²) in [5.74, 6) is 0. The van der Waals surface area contributed by atoms with Crippen LogP contribution < -0.4 is 10.6 Å². The van der Waals surface area contributed by atoms with Crippen molar-refractivity contribution in [3.05, 3.63) is 24.3 Å². The van der Waals surface area contributed by atoms with Crippen molar-refractivity contribution < 1.29 is 19.1 Å². The number of nitrogens with one attached hydrogen (secondary N) is 2. The molecule has 0 spiro atoms. The number of unbranched alkanes of at least 4 members (excludes halogenated alkanes) is 24. The molecule has 0 aliphatic heterocycles. The van der Waals surface area contributed by atoms with Crippen LogP contribution in [-0.2, 0) is 9.47 Å². The first kappa shape index (κ1) is 51.7. The molecule has 1 rings (SSSR count). The van der Waals surface area contributed by atoms with Crippen LogP contribution >= 0.6 is 0 Å². The Hall–Kier alpha value is -2.32. The van der Waals surface area contributed by atoms with E-state index in [-0.39, 0.29) is 0 Å². The van der Waals surface area contributed by atoms with E-state index in [4.69, 9.17) is 9.47 Å². The van der Waals surface area contributed by atoms with Crippen molar-refractivity contribution in [2.24, 2.45) is 0 Å². The maximum atomic E-state index is 12.3. The van der Waals surface area contributed by atoms with Gasteiger partial charge in [-0.1, -0.05) is 169 Å². The first-order chi connectivity index (χ1) is 27.5. The fourth-order valence-electron chi connectivity index (χ4n) is 7.36. The van der Waals surface area contributed by atoms with Crippen LogP contribution in [0.5, 0.6) is 0 Å². The van der Waals surface area contributed by atoms with Crippen LogP contribution in [0.1, 0.15) is 207 Å². The third-order valence-electron chi connectivity index (χ3n) is 11.1. The molecule has 0 heterocycles. The molecule has 56 heavy (non-hydrogen) atoms. The first-order valence-electron chi connectivity index (χ1n) is 23.9. The van der Waals surface area contributed by atoms with Gasteiger partial charge in [-0.2, -0.15) is 0 Å². The minimum atomic E-state index is -0.454. The highest BCUT2D eigenvalue weighted by Gasteiger charge is 2.08. The molecule has 0 aliphatic carbocycles. The second-order valence-corrected chi connectivity index (χ2v) is 16.2. The van der Waals surface area contributed by atoms with Gasteiger partial charge in [-0.3, -0.25) is 10.6 Å². The van der Waals surface area contributed by atoms with Crippen LogP contribution in [0.2, 0.25) is 0 Å². The van der Waals surface area contributed by atoms with Gasteiger partial charge in [0.1, 0.15) is 0 Å². The Morgan fingerprint density at radius 1 is 0.393 bits per heavy atom. The standard InChI is InChI=1S/C48H90N4O4/c1-5-9-11-13-15-17-19-21-23-25-27-29-39-51(7-3)41-31-33-43-55-47(53)49-45-35-37-46(38-36-45)50-48(54)56-44-34-32-42-52(8-4)40-30-28-26-24-22-20-18-16-14-12-10-6-2/h35-38H,5-34,39-44H2,1-4H3,(H,49,53)(H,50,54). The van der Waals surface area contributed by atoms with Crippen molar-refractivity contribution in [3.8, 4) is 0 Å². The van der Waals surface area contributed by atoms with Crippen molar-refractivity contribution in [2.75, 3.05) is 63.1 Å². The van der Waals surface area contributed by atoms with E-state index in [0.717, 1.165) is 65.0 Å². The summed E-state index contributed by atoms with van der Waals surface area (Å²) >= 11 is 0. The fourth-order valence-corrected chi connectivity index (χ4v) is 7.36. The molecule has 1 aromatic rings. The summed E-state index contributed by atoms with van der Waals surface area (Å²) in [4.78, 5) is 29.7. The quantitative estimate of drug-likeness (QED) is 0.0645. The summed E-state index contributed by atoms with van der Waals surface area (Å²) in [5, 5.41) is 5.55. The van der Waals surface area contributed by atoms with Gasteiger partial charge in [0, 0.05) is 11.4 Å². The molecule has 0 atom stereocenters. The smallest absolute Gasteiger partial charge is 0.411 e. The molecule has 1 aromatic carbocycles. The summed E-state index contributed by atoms with van der Waals surface area (Å²) in [6.07, 6.45) is 36.0. The maximum absolute atomic E-state index is 12.3. The van der Waals surface area contributed by atoms with Gasteiger partial charge in [0.2, 0.25) is 0 Å². The minimum Gasteiger partial charge on any atom is -0.449 e. The van der Waals surface area contributed by atoms with E-state index in [1.807, 2.05) is 0 Å². The molecule has 326 valence electrons. The third kappa shape index (κ3) is 32.7. The Bertz CT molecular complexity index is 928. The Labute approximate surface area is 346 Å². The van der Waals surface area contributed by atoms with Gasteiger partial charge in [0.25, 0.3) is 0 Å². The Balaban J connectivity index is 2.03. The lowest BCUT2D eigenvalue weighted by Gasteiger charge is -2.20. The van der Waals surface area contributed by atoms with Gasteiger partial charge in [0.05, 0.1) is 13.2 Å². The highest BCUT2D eigenvalue weighted by molar-refractivity contribution is 5.87. The molecular formula is C48H90N4O4. The molecule has 8 nitrogen and oxygen atoms in total. The van der Waals surface area contributed by atoms with Crippen molar-refractivity contribution in [2.45, 2.75) is 207 Å². The van der Waals surface area contributed by atoms with Crippen LogP contribution in [0.15, 0.2) is 24.3 Å². The van der Waals surface area contributed by atoms with Gasteiger partial charge in [-0.25, -0.2) is 9.59 Å². The van der Waals surface area contributed by atoms with E-state index >= 15 is 0 Å². The van der Waals surface area contributed by atoms with Gasteiger partial charge in [-0.15, -0.1) is 0 Å². The highest BCUT2D eigenvalue weighted by Crippen LogP contribution is 2.16. The maximum Gasteiger partial charge on any atom is 0.411 e. The van der Waals surface area contributed by atoms with Crippen LogP contribution in [0.4, 0.5) is 21.0 Å². The van der Waals surface area contributed by atoms with Crippen molar-refractivity contribution in [3.63, 3.8) is 0 Å². The Kier molecular flexibility index (Phi) is 36.5. The van der Waals surface area contributed by atoms with Crippen LogP contribution in [0.3, 0.4) is 0 Å². The zero-order valence-corrected chi connectivity index (χ0v) is 37.3. The molecule has 0 unspecified atom stereocenters. The average molecular weight is 787 g/mol. The van der Waals surface area contributed by atoms with Crippen LogP contribution in [0, 0.1) is 0 Å². The van der Waals surface area contributed by atoms with Gasteiger partial charge in [-0.05, 0) is 102 Å². The topological polar surface area (TPSA) is 83.1 Å². The molecule has 2 amide bonds. The van der Waals surface area contributed by atoms with E-state index in [2.05, 4.69) is 48.1 Å². The molecule has 0 bridgehead atoms. The normalized spacial score (nSPS) is 11.4. The monoisotopic (exact) mass is 787 g/mol. The Morgan fingerprint density at radius 2 is 0.643 bits per heavy atom. The van der Waals surface area contributed by atoms with Crippen molar-refractivity contribution in [1.29, 1.82) is 0 Å². The van der Waals surface area contributed by atoms with Gasteiger partial charge >= 0.3 is 12.2 Å². The van der Waals surface area contributed by atoms with Gasteiger partial charge in [0.15, 0.2) is 0 Å². The lowest BCUT2D eigenvalue weighted by atomic mass is 10.1. The summed E-state index contributed by atoms with van der Waals surface area (Å²) in [5.41, 5.74) is 1.25. The lowest BCUT2D eigenvalue weighted by molar-refractivity contribution is 0.156. The summed E-state index contributed by atoms with van der Waals surface area (Å²) in [7, 11) is 0. The second kappa shape index (κ2) is 39.5. The predicted octanol–water partition coefficient (Wildman–Crippen LogP) is 14.4. The molecule has 8 heteroatoms. The number of ether oxygens (including phenoxy) is 2. The van der Waals surface area contributed by atoms with E-state index in [1.165, 1.54) is 154 Å². The fraction of sp³-hybridized carbons (Fsp3) is 0.833. The molecule has 0 fully saturated rings. The van der Waals surface area contributed by atoms with E-state index < -0.39 is 12.2 Å². The summed E-state index contributed by atoms with van der Waals surface area (Å²) < 4.78 is 10.8. The number of carbonyl (C=O) groups is 2. The zero-order chi connectivity index (χ0) is 40.6. The second-order valence-electron chi connectivity index (χ2n) is 16.2. The first-order valence-corrected chi connectivity index (χ1v) is 23.9. The molecule has 0 saturated heterocycles. The number of amides is 2. The molecular weight excluding hydrogens is 697 g/mol.